The molecule has 2 aromatic rings. The second-order valence-electron chi connectivity index (χ2n) is 7.66. The van der Waals surface area contributed by atoms with E-state index in [4.69, 9.17) is 19.2 Å². The molecule has 0 bridgehead atoms. The van der Waals surface area contributed by atoms with Gasteiger partial charge in [-0.25, -0.2) is 4.39 Å². The number of guanidine groups is 1. The number of aliphatic imine (C=N–C) groups is 1. The number of rotatable bonds is 10. The van der Waals surface area contributed by atoms with E-state index >= 15 is 0 Å². The predicted molar refractivity (Wildman–Crippen MR) is 137 cm³/mol. The van der Waals surface area contributed by atoms with Crippen LogP contribution >= 0.6 is 24.0 Å². The Hall–Kier alpha value is -2.23. The number of nitrogens with one attached hydrogen (secondary N) is 2. The van der Waals surface area contributed by atoms with Gasteiger partial charge in [0.2, 0.25) is 5.75 Å². The first-order chi connectivity index (χ1) is 15.1. The number of hydrogen-bond acceptors (Lipinski definition) is 4. The highest BCUT2D eigenvalue weighted by Gasteiger charge is 2.44. The third kappa shape index (κ3) is 6.17. The van der Waals surface area contributed by atoms with E-state index < -0.39 is 0 Å². The lowest BCUT2D eigenvalue weighted by atomic mass is 9.96. The second-order valence-corrected chi connectivity index (χ2v) is 7.66. The van der Waals surface area contributed by atoms with Crippen molar-refractivity contribution in [3.63, 3.8) is 0 Å². The molecule has 0 spiro atoms. The summed E-state index contributed by atoms with van der Waals surface area (Å²) in [5.74, 6) is 2.46. The van der Waals surface area contributed by atoms with E-state index in [1.807, 2.05) is 25.1 Å². The van der Waals surface area contributed by atoms with Gasteiger partial charge in [0.25, 0.3) is 0 Å². The smallest absolute Gasteiger partial charge is 0.203 e. The molecular formula is C24H33FIN3O3. The van der Waals surface area contributed by atoms with Gasteiger partial charge in [-0.05, 0) is 49.9 Å². The minimum absolute atomic E-state index is 0. The molecule has 0 radical (unpaired) electrons. The number of nitrogens with zero attached hydrogens (tertiary/aromatic N) is 1. The number of benzene rings is 2. The number of hydrogen-bond donors (Lipinski definition) is 2. The minimum atomic E-state index is -0.193. The summed E-state index contributed by atoms with van der Waals surface area (Å²) in [6, 6.07) is 10.7. The van der Waals surface area contributed by atoms with E-state index in [-0.39, 0.29) is 35.2 Å². The molecule has 1 aliphatic carbocycles. The van der Waals surface area contributed by atoms with Gasteiger partial charge in [0, 0.05) is 24.1 Å². The molecule has 2 aromatic carbocycles. The molecule has 1 aliphatic rings. The SMILES string of the molecule is CCNC(=NCC1(c2cccc(F)c2)CC1)NCCc1ccc(OC)c(OC)c1OC.I. The first kappa shape index (κ1) is 26.0. The van der Waals surface area contributed by atoms with E-state index in [2.05, 4.69) is 10.6 Å². The largest absolute Gasteiger partial charge is 0.493 e. The van der Waals surface area contributed by atoms with Crippen LogP contribution in [-0.4, -0.2) is 46.9 Å². The highest BCUT2D eigenvalue weighted by Crippen LogP contribution is 2.48. The van der Waals surface area contributed by atoms with Gasteiger partial charge in [-0.1, -0.05) is 18.2 Å². The normalized spacial score (nSPS) is 14.2. The summed E-state index contributed by atoms with van der Waals surface area (Å²) in [6.45, 7) is 4.10. The van der Waals surface area contributed by atoms with Crippen molar-refractivity contribution >= 4 is 29.9 Å². The molecule has 6 nitrogen and oxygen atoms in total. The zero-order chi connectivity index (χ0) is 22.3. The van der Waals surface area contributed by atoms with Crippen LogP contribution < -0.4 is 24.8 Å². The molecule has 0 heterocycles. The van der Waals surface area contributed by atoms with Gasteiger partial charge in [0.05, 0.1) is 27.9 Å². The van der Waals surface area contributed by atoms with Gasteiger partial charge >= 0.3 is 0 Å². The zero-order valence-electron chi connectivity index (χ0n) is 19.2. The van der Waals surface area contributed by atoms with Crippen molar-refractivity contribution in [3.05, 3.63) is 53.3 Å². The maximum absolute atomic E-state index is 13.6. The fraction of sp³-hybridized carbons (Fsp3) is 0.458. The molecule has 2 N–H and O–H groups in total. The van der Waals surface area contributed by atoms with Crippen LogP contribution in [0.2, 0.25) is 0 Å². The summed E-state index contributed by atoms with van der Waals surface area (Å²) < 4.78 is 30.0. The summed E-state index contributed by atoms with van der Waals surface area (Å²) >= 11 is 0. The zero-order valence-corrected chi connectivity index (χ0v) is 21.5. The van der Waals surface area contributed by atoms with Crippen molar-refractivity contribution < 1.29 is 18.6 Å². The quantitative estimate of drug-likeness (QED) is 0.259. The van der Waals surface area contributed by atoms with Crippen molar-refractivity contribution in [2.45, 2.75) is 31.6 Å². The van der Waals surface area contributed by atoms with E-state index in [0.717, 1.165) is 42.9 Å². The Kier molecular flexibility index (Phi) is 9.86. The van der Waals surface area contributed by atoms with E-state index in [9.17, 15) is 4.39 Å². The van der Waals surface area contributed by atoms with Crippen molar-refractivity contribution in [1.29, 1.82) is 0 Å². The number of halogens is 2. The first-order valence-electron chi connectivity index (χ1n) is 10.6. The Morgan fingerprint density at radius 1 is 1.03 bits per heavy atom. The molecule has 1 saturated carbocycles. The highest BCUT2D eigenvalue weighted by molar-refractivity contribution is 14.0. The van der Waals surface area contributed by atoms with Gasteiger partial charge in [0.1, 0.15) is 5.82 Å². The standard InChI is InChI=1S/C24H32FN3O3.HI/c1-5-26-23(28-16-24(12-13-24)18-7-6-8-19(25)15-18)27-14-11-17-9-10-20(29-2)22(31-4)21(17)30-3;/h6-10,15H,5,11-14,16H2,1-4H3,(H2,26,27,28);1H. The van der Waals surface area contributed by atoms with Gasteiger partial charge in [-0.15, -0.1) is 24.0 Å². The summed E-state index contributed by atoms with van der Waals surface area (Å²) in [5.41, 5.74) is 2.00. The van der Waals surface area contributed by atoms with E-state index in [1.54, 1.807) is 33.5 Å². The van der Waals surface area contributed by atoms with Crippen molar-refractivity contribution in [2.75, 3.05) is 41.0 Å². The van der Waals surface area contributed by atoms with Crippen molar-refractivity contribution in [1.82, 2.24) is 10.6 Å². The molecule has 0 aromatic heterocycles. The van der Waals surface area contributed by atoms with Crippen LogP contribution in [0.4, 0.5) is 4.39 Å². The third-order valence-electron chi connectivity index (χ3n) is 5.65. The lowest BCUT2D eigenvalue weighted by molar-refractivity contribution is 0.322. The monoisotopic (exact) mass is 557 g/mol. The topological polar surface area (TPSA) is 64.1 Å². The average Bonchev–Trinajstić information content (AvgIpc) is 3.58. The van der Waals surface area contributed by atoms with Crippen LogP contribution in [-0.2, 0) is 11.8 Å². The van der Waals surface area contributed by atoms with Crippen LogP contribution in [0.15, 0.2) is 41.4 Å². The Morgan fingerprint density at radius 2 is 1.78 bits per heavy atom. The fourth-order valence-electron chi connectivity index (χ4n) is 3.76. The molecule has 1 fully saturated rings. The van der Waals surface area contributed by atoms with Crippen LogP contribution in [0.3, 0.4) is 0 Å². The lowest BCUT2D eigenvalue weighted by Gasteiger charge is -2.17. The van der Waals surface area contributed by atoms with Crippen LogP contribution in [0, 0.1) is 5.82 Å². The van der Waals surface area contributed by atoms with Crippen LogP contribution in [0.1, 0.15) is 30.9 Å². The molecule has 32 heavy (non-hydrogen) atoms. The first-order valence-corrected chi connectivity index (χ1v) is 10.6. The average molecular weight is 557 g/mol. The van der Waals surface area contributed by atoms with Gasteiger partial charge in [-0.2, -0.15) is 0 Å². The van der Waals surface area contributed by atoms with Crippen LogP contribution in [0.5, 0.6) is 17.2 Å². The summed E-state index contributed by atoms with van der Waals surface area (Å²) in [6.07, 6.45) is 2.79. The highest BCUT2D eigenvalue weighted by atomic mass is 127. The Morgan fingerprint density at radius 3 is 2.38 bits per heavy atom. The molecule has 0 unspecified atom stereocenters. The third-order valence-corrected chi connectivity index (χ3v) is 5.65. The predicted octanol–water partition coefficient (Wildman–Crippen LogP) is 4.30. The van der Waals surface area contributed by atoms with Crippen LogP contribution in [0.25, 0.3) is 0 Å². The molecule has 8 heteroatoms. The van der Waals surface area contributed by atoms with Gasteiger partial charge in [0.15, 0.2) is 17.5 Å². The molecular weight excluding hydrogens is 524 g/mol. The Bertz CT molecular complexity index is 919. The molecule has 0 saturated heterocycles. The van der Waals surface area contributed by atoms with Crippen molar-refractivity contribution in [2.24, 2.45) is 4.99 Å². The van der Waals surface area contributed by atoms with Gasteiger partial charge in [-0.3, -0.25) is 4.99 Å². The summed E-state index contributed by atoms with van der Waals surface area (Å²) in [4.78, 5) is 4.78. The Balaban J connectivity index is 0.00000363. The molecule has 0 amide bonds. The molecule has 0 atom stereocenters. The molecule has 0 aliphatic heterocycles. The number of ether oxygens (including phenoxy) is 3. The maximum atomic E-state index is 13.6. The van der Waals surface area contributed by atoms with Crippen molar-refractivity contribution in [3.8, 4) is 17.2 Å². The maximum Gasteiger partial charge on any atom is 0.203 e. The van der Waals surface area contributed by atoms with E-state index in [1.165, 1.54) is 6.07 Å². The minimum Gasteiger partial charge on any atom is -0.493 e. The molecule has 176 valence electrons. The Labute approximate surface area is 207 Å². The fourth-order valence-corrected chi connectivity index (χ4v) is 3.76. The second kappa shape index (κ2) is 12.1. The number of methoxy groups -OCH3 is 3. The van der Waals surface area contributed by atoms with Gasteiger partial charge < -0.3 is 24.8 Å². The summed E-state index contributed by atoms with van der Waals surface area (Å²) in [7, 11) is 4.83. The summed E-state index contributed by atoms with van der Waals surface area (Å²) in [5, 5.41) is 6.68. The lowest BCUT2D eigenvalue weighted by Crippen LogP contribution is -2.39. The van der Waals surface area contributed by atoms with E-state index in [0.29, 0.717) is 30.3 Å². The molecule has 3 rings (SSSR count).